The highest BCUT2D eigenvalue weighted by molar-refractivity contribution is 7.13. The summed E-state index contributed by atoms with van der Waals surface area (Å²) in [5.41, 5.74) is 8.25. The number of benzene rings is 1. The fourth-order valence-corrected chi connectivity index (χ4v) is 2.73. The summed E-state index contributed by atoms with van der Waals surface area (Å²) in [6.45, 7) is 6.23. The van der Waals surface area contributed by atoms with Crippen LogP contribution in [0.5, 0.6) is 0 Å². The second-order valence-corrected chi connectivity index (χ2v) is 6.02. The average Bonchev–Trinajstić information content (AvgIpc) is 2.76. The van der Waals surface area contributed by atoms with Gasteiger partial charge in [-0.15, -0.1) is 23.7 Å². The lowest BCUT2D eigenvalue weighted by atomic mass is 9.95. The number of hydrogen-bond donors (Lipinski definition) is 2. The van der Waals surface area contributed by atoms with Crippen LogP contribution in [0.25, 0.3) is 10.4 Å². The summed E-state index contributed by atoms with van der Waals surface area (Å²) in [5.74, 6) is 5.52. The number of aryl methyl sites for hydroxylation is 1. The first-order valence-corrected chi connectivity index (χ1v) is 6.87. The number of nitrogens with two attached hydrogens (primary N) is 1. The van der Waals surface area contributed by atoms with Crippen molar-refractivity contribution in [1.82, 2.24) is 10.4 Å². The van der Waals surface area contributed by atoms with Crippen molar-refractivity contribution in [2.45, 2.75) is 32.7 Å². The Morgan fingerprint density at radius 2 is 1.89 bits per heavy atom. The van der Waals surface area contributed by atoms with Crippen LogP contribution < -0.4 is 11.3 Å². The number of thiazole rings is 1. The van der Waals surface area contributed by atoms with Gasteiger partial charge in [-0.05, 0) is 38.3 Å². The number of nitrogens with one attached hydrogen (secondary N) is 1. The van der Waals surface area contributed by atoms with Gasteiger partial charge in [-0.2, -0.15) is 0 Å². The van der Waals surface area contributed by atoms with Gasteiger partial charge >= 0.3 is 0 Å². The van der Waals surface area contributed by atoms with Gasteiger partial charge in [-0.25, -0.2) is 4.98 Å². The van der Waals surface area contributed by atoms with Crippen molar-refractivity contribution in [2.75, 3.05) is 0 Å². The smallest absolute Gasteiger partial charge is 0.0801 e. The van der Waals surface area contributed by atoms with Crippen LogP contribution in [0.1, 0.15) is 25.1 Å². The van der Waals surface area contributed by atoms with Gasteiger partial charge in [-0.3, -0.25) is 11.3 Å². The first kappa shape index (κ1) is 16.1. The lowest BCUT2D eigenvalue weighted by Crippen LogP contribution is -2.45. The van der Waals surface area contributed by atoms with Gasteiger partial charge < -0.3 is 0 Å². The quantitative estimate of drug-likeness (QED) is 0.672. The molecule has 2 rings (SSSR count). The minimum atomic E-state index is -0.0814. The van der Waals surface area contributed by atoms with Gasteiger partial charge in [-0.1, -0.05) is 24.3 Å². The molecule has 0 unspecified atom stereocenters. The molecule has 0 saturated carbocycles. The molecule has 0 atom stereocenters. The molecule has 1 aromatic carbocycles. The molecule has 3 N–H and O–H groups in total. The number of aromatic nitrogens is 1. The predicted octanol–water partition coefficient (Wildman–Crippen LogP) is 3.32. The van der Waals surface area contributed by atoms with E-state index in [0.29, 0.717) is 0 Å². The van der Waals surface area contributed by atoms with Gasteiger partial charge in [0.25, 0.3) is 0 Å². The molecule has 0 aliphatic rings. The van der Waals surface area contributed by atoms with Crippen LogP contribution in [-0.2, 0) is 6.42 Å². The Labute approximate surface area is 124 Å². The monoisotopic (exact) mass is 297 g/mol. The van der Waals surface area contributed by atoms with Crippen LogP contribution in [0.2, 0.25) is 0 Å². The molecular formula is C14H20ClN3S. The number of hydrogen-bond acceptors (Lipinski definition) is 4. The zero-order chi connectivity index (χ0) is 13.2. The summed E-state index contributed by atoms with van der Waals surface area (Å²) in [5, 5.41) is 0. The highest BCUT2D eigenvalue weighted by Crippen LogP contribution is 2.27. The normalized spacial score (nSPS) is 11.2. The van der Waals surface area contributed by atoms with Gasteiger partial charge in [0.15, 0.2) is 0 Å². The molecule has 19 heavy (non-hydrogen) atoms. The molecule has 0 saturated heterocycles. The summed E-state index contributed by atoms with van der Waals surface area (Å²) in [6, 6.07) is 8.63. The third-order valence-corrected chi connectivity index (χ3v) is 3.98. The fourth-order valence-electron chi connectivity index (χ4n) is 1.91. The highest BCUT2D eigenvalue weighted by atomic mass is 35.5. The molecule has 0 fully saturated rings. The van der Waals surface area contributed by atoms with E-state index in [1.807, 2.05) is 12.4 Å². The van der Waals surface area contributed by atoms with Gasteiger partial charge in [0, 0.05) is 5.54 Å². The topological polar surface area (TPSA) is 50.9 Å². The first-order chi connectivity index (χ1) is 8.52. The molecule has 1 heterocycles. The molecule has 5 heteroatoms. The molecule has 3 nitrogen and oxygen atoms in total. The van der Waals surface area contributed by atoms with E-state index in [-0.39, 0.29) is 17.9 Å². The lowest BCUT2D eigenvalue weighted by Gasteiger charge is -2.23. The zero-order valence-corrected chi connectivity index (χ0v) is 13.1. The van der Waals surface area contributed by atoms with E-state index in [1.54, 1.807) is 11.3 Å². The van der Waals surface area contributed by atoms with Crippen molar-refractivity contribution in [3.63, 3.8) is 0 Å². The van der Waals surface area contributed by atoms with Crippen LogP contribution in [0.4, 0.5) is 0 Å². The Balaban J connectivity index is 0.00000180. The van der Waals surface area contributed by atoms with Crippen molar-refractivity contribution in [2.24, 2.45) is 5.84 Å². The second-order valence-electron chi connectivity index (χ2n) is 5.17. The molecule has 2 aromatic rings. The molecule has 104 valence electrons. The van der Waals surface area contributed by atoms with E-state index in [9.17, 15) is 0 Å². The summed E-state index contributed by atoms with van der Waals surface area (Å²) >= 11 is 1.68. The molecular weight excluding hydrogens is 278 g/mol. The zero-order valence-electron chi connectivity index (χ0n) is 11.4. The molecule has 1 aromatic heterocycles. The molecule has 0 amide bonds. The Morgan fingerprint density at radius 1 is 1.26 bits per heavy atom. The van der Waals surface area contributed by atoms with E-state index < -0.39 is 0 Å². The van der Waals surface area contributed by atoms with Crippen LogP contribution in [0.15, 0.2) is 29.8 Å². The SMILES string of the molecule is Cc1ncsc1-c1ccc(CC(C)(C)NN)cc1.Cl. The summed E-state index contributed by atoms with van der Waals surface area (Å²) < 4.78 is 0. The maximum absolute atomic E-state index is 5.52. The van der Waals surface area contributed by atoms with Crippen LogP contribution in [0, 0.1) is 6.92 Å². The third-order valence-electron chi connectivity index (χ3n) is 3.00. The predicted molar refractivity (Wildman–Crippen MR) is 84.6 cm³/mol. The van der Waals surface area contributed by atoms with Crippen LogP contribution in [0.3, 0.4) is 0 Å². The van der Waals surface area contributed by atoms with Crippen LogP contribution in [-0.4, -0.2) is 10.5 Å². The standard InChI is InChI=1S/C14H19N3S.ClH/c1-10-13(18-9-16-10)12-6-4-11(5-7-12)8-14(2,3)17-15;/h4-7,9,17H,8,15H2,1-3H3;1H. The van der Waals surface area contributed by atoms with Gasteiger partial charge in [0.05, 0.1) is 16.1 Å². The summed E-state index contributed by atoms with van der Waals surface area (Å²) in [6.07, 6.45) is 0.908. The lowest BCUT2D eigenvalue weighted by molar-refractivity contribution is 0.396. The van der Waals surface area contributed by atoms with Crippen molar-refractivity contribution >= 4 is 23.7 Å². The van der Waals surface area contributed by atoms with E-state index >= 15 is 0 Å². The first-order valence-electron chi connectivity index (χ1n) is 5.99. The average molecular weight is 298 g/mol. The van der Waals surface area contributed by atoms with E-state index in [2.05, 4.69) is 48.5 Å². The van der Waals surface area contributed by atoms with Crippen molar-refractivity contribution in [1.29, 1.82) is 0 Å². The Kier molecular flexibility index (Phi) is 5.50. The number of hydrazine groups is 1. The minimum absolute atomic E-state index is 0. The van der Waals surface area contributed by atoms with Gasteiger partial charge in [0.2, 0.25) is 0 Å². The molecule has 0 bridgehead atoms. The minimum Gasteiger partial charge on any atom is -0.271 e. The van der Waals surface area contributed by atoms with E-state index in [0.717, 1.165) is 12.1 Å². The highest BCUT2D eigenvalue weighted by Gasteiger charge is 2.15. The Morgan fingerprint density at radius 3 is 2.37 bits per heavy atom. The molecule has 0 aliphatic heterocycles. The van der Waals surface area contributed by atoms with E-state index in [4.69, 9.17) is 5.84 Å². The largest absolute Gasteiger partial charge is 0.271 e. The van der Waals surface area contributed by atoms with Crippen LogP contribution >= 0.6 is 23.7 Å². The van der Waals surface area contributed by atoms with E-state index in [1.165, 1.54) is 16.0 Å². The third kappa shape index (κ3) is 4.01. The second kappa shape index (κ2) is 6.48. The van der Waals surface area contributed by atoms with Crippen molar-refractivity contribution < 1.29 is 0 Å². The fraction of sp³-hybridized carbons (Fsp3) is 0.357. The summed E-state index contributed by atoms with van der Waals surface area (Å²) in [7, 11) is 0. The van der Waals surface area contributed by atoms with Crippen molar-refractivity contribution in [3.05, 3.63) is 41.0 Å². The molecule has 0 aliphatic carbocycles. The molecule has 0 radical (unpaired) electrons. The number of nitrogens with zero attached hydrogens (tertiary/aromatic N) is 1. The number of halogens is 1. The molecule has 0 spiro atoms. The maximum atomic E-state index is 5.52. The number of rotatable bonds is 4. The summed E-state index contributed by atoms with van der Waals surface area (Å²) in [4.78, 5) is 5.53. The Bertz CT molecular complexity index is 520. The van der Waals surface area contributed by atoms with Crippen molar-refractivity contribution in [3.8, 4) is 10.4 Å². The maximum Gasteiger partial charge on any atom is 0.0801 e. The Hall–Kier alpha value is -0.940. The van der Waals surface area contributed by atoms with Gasteiger partial charge in [0.1, 0.15) is 0 Å².